The van der Waals surface area contributed by atoms with E-state index in [9.17, 15) is 0 Å². The van der Waals surface area contributed by atoms with Crippen molar-refractivity contribution in [1.82, 2.24) is 14.7 Å². The fraction of sp³-hybridized carbons (Fsp3) is 0.462. The summed E-state index contributed by atoms with van der Waals surface area (Å²) in [6, 6.07) is 15.6. The molecule has 0 saturated heterocycles. The van der Waals surface area contributed by atoms with Crippen molar-refractivity contribution in [2.24, 2.45) is 5.14 Å². The van der Waals surface area contributed by atoms with Crippen LogP contribution in [0.3, 0.4) is 0 Å². The highest BCUT2D eigenvalue weighted by Crippen LogP contribution is 2.38. The van der Waals surface area contributed by atoms with Crippen LogP contribution in [-0.2, 0) is 0 Å². The lowest BCUT2D eigenvalue weighted by atomic mass is 9.84. The molecule has 2 fully saturated rings. The van der Waals surface area contributed by atoms with E-state index in [2.05, 4.69) is 51.1 Å². The highest BCUT2D eigenvalue weighted by atomic mass is 32.2. The van der Waals surface area contributed by atoms with Gasteiger partial charge in [-0.2, -0.15) is 0 Å². The normalized spacial score (nSPS) is 17.7. The molecule has 0 spiro atoms. The fourth-order valence-corrected chi connectivity index (χ4v) is 8.25. The van der Waals surface area contributed by atoms with Gasteiger partial charge in [-0.25, -0.2) is 9.97 Å². The zero-order chi connectivity index (χ0) is 23.2. The van der Waals surface area contributed by atoms with Crippen molar-refractivity contribution in [3.05, 3.63) is 48.0 Å². The van der Waals surface area contributed by atoms with Crippen molar-refractivity contribution in [3.8, 4) is 0 Å². The van der Waals surface area contributed by atoms with Gasteiger partial charge in [-0.1, -0.05) is 62.8 Å². The number of rotatable bonds is 5. The van der Waals surface area contributed by atoms with E-state index in [0.29, 0.717) is 12.0 Å². The van der Waals surface area contributed by atoms with E-state index in [4.69, 9.17) is 5.14 Å². The molecule has 34 heavy (non-hydrogen) atoms. The van der Waals surface area contributed by atoms with Crippen molar-refractivity contribution in [1.29, 1.82) is 0 Å². The monoisotopic (exact) mass is 528 g/mol. The van der Waals surface area contributed by atoms with Crippen molar-refractivity contribution in [3.63, 3.8) is 0 Å². The Bertz CT molecular complexity index is 1160. The molecular formula is C26H32N4S4. The predicted molar refractivity (Wildman–Crippen MR) is 151 cm³/mol. The van der Waals surface area contributed by atoms with Crippen LogP contribution in [0.5, 0.6) is 0 Å². The summed E-state index contributed by atoms with van der Waals surface area (Å²) >= 11 is 6.44. The van der Waals surface area contributed by atoms with Gasteiger partial charge in [0.15, 0.2) is 8.68 Å². The van der Waals surface area contributed by atoms with E-state index in [0.717, 1.165) is 14.2 Å². The molecule has 180 valence electrons. The second kappa shape index (κ2) is 12.2. The first-order chi connectivity index (χ1) is 16.8. The van der Waals surface area contributed by atoms with Gasteiger partial charge < -0.3 is 0 Å². The molecule has 0 aliphatic heterocycles. The molecule has 2 aromatic carbocycles. The molecule has 8 heteroatoms. The summed E-state index contributed by atoms with van der Waals surface area (Å²) in [5.74, 6) is 0.713. The highest BCUT2D eigenvalue weighted by molar-refractivity contribution is 7.99. The highest BCUT2D eigenvalue weighted by Gasteiger charge is 2.19. The van der Waals surface area contributed by atoms with E-state index in [1.54, 1.807) is 34.6 Å². The van der Waals surface area contributed by atoms with Gasteiger partial charge in [0.2, 0.25) is 0 Å². The van der Waals surface area contributed by atoms with E-state index in [-0.39, 0.29) is 0 Å². The molecule has 2 aliphatic carbocycles. The minimum Gasteiger partial charge on any atom is -0.272 e. The van der Waals surface area contributed by atoms with E-state index < -0.39 is 0 Å². The largest absolute Gasteiger partial charge is 0.272 e. The third-order valence-electron chi connectivity index (χ3n) is 6.77. The molecule has 4 nitrogen and oxygen atoms in total. The quantitative estimate of drug-likeness (QED) is 0.253. The van der Waals surface area contributed by atoms with Gasteiger partial charge in [-0.15, -0.1) is 22.7 Å². The van der Waals surface area contributed by atoms with E-state index in [1.165, 1.54) is 96.6 Å². The minimum atomic E-state index is 0.681. The molecule has 6 rings (SSSR count). The van der Waals surface area contributed by atoms with Crippen LogP contribution in [0.2, 0.25) is 0 Å². The summed E-state index contributed by atoms with van der Waals surface area (Å²) in [4.78, 5) is 9.28. The average Bonchev–Trinajstić information content (AvgIpc) is 3.52. The zero-order valence-electron chi connectivity index (χ0n) is 19.4. The van der Waals surface area contributed by atoms with Crippen LogP contribution in [0.4, 0.5) is 0 Å². The topological polar surface area (TPSA) is 63.8 Å². The second-order valence-corrected chi connectivity index (χ2v) is 13.2. The first-order valence-electron chi connectivity index (χ1n) is 12.3. The number of benzene rings is 2. The number of nitrogens with two attached hydrogens (primary N) is 1. The number of nitrogens with zero attached hydrogens (tertiary/aromatic N) is 2. The molecule has 0 bridgehead atoms. The Kier molecular flexibility index (Phi) is 8.80. The lowest BCUT2D eigenvalue weighted by Gasteiger charge is -2.22. The Morgan fingerprint density at radius 3 is 2.24 bits per heavy atom. The standard InChI is InChI=1S/2C13H16N2S2/c1-2-6-10(7-3-1)15-17-13-14-11-8-4-5-9-12(11)16-13;14-17-13-15-12-10(7-4-8-11(12)16-13)9-5-2-1-3-6-9/h4-5,8-10,15H,1-3,6-7H2;4,7-9H,1-3,5-6,14H2. The van der Waals surface area contributed by atoms with Crippen LogP contribution < -0.4 is 9.86 Å². The molecule has 2 saturated carbocycles. The third-order valence-corrected chi connectivity index (χ3v) is 10.5. The van der Waals surface area contributed by atoms with Gasteiger partial charge in [-0.05, 0) is 79.3 Å². The molecule has 2 aliphatic rings. The molecule has 0 atom stereocenters. The van der Waals surface area contributed by atoms with Crippen LogP contribution in [0, 0.1) is 0 Å². The summed E-state index contributed by atoms with van der Waals surface area (Å²) in [5.41, 5.74) is 3.75. The van der Waals surface area contributed by atoms with Crippen molar-refractivity contribution >= 4 is 67.0 Å². The first-order valence-corrected chi connectivity index (χ1v) is 15.7. The lowest BCUT2D eigenvalue weighted by Crippen LogP contribution is -2.25. The summed E-state index contributed by atoms with van der Waals surface area (Å²) in [7, 11) is 0. The number of hydrogen-bond acceptors (Lipinski definition) is 8. The van der Waals surface area contributed by atoms with Gasteiger partial charge in [0, 0.05) is 6.04 Å². The van der Waals surface area contributed by atoms with Crippen molar-refractivity contribution < 1.29 is 0 Å². The summed E-state index contributed by atoms with van der Waals surface area (Å²) in [5, 5.41) is 5.61. The van der Waals surface area contributed by atoms with Gasteiger partial charge in [-0.3, -0.25) is 9.86 Å². The maximum Gasteiger partial charge on any atom is 0.166 e. The fourth-order valence-electron chi connectivity index (χ4n) is 4.99. The lowest BCUT2D eigenvalue weighted by molar-refractivity contribution is 0.423. The Labute approximate surface area is 218 Å². The number of para-hydroxylation sites is 2. The number of nitrogens with one attached hydrogen (secondary N) is 1. The zero-order valence-corrected chi connectivity index (χ0v) is 22.6. The second-order valence-electron chi connectivity index (χ2n) is 9.13. The predicted octanol–water partition coefficient (Wildman–Crippen LogP) is 8.54. The third kappa shape index (κ3) is 6.15. The summed E-state index contributed by atoms with van der Waals surface area (Å²) < 4.78 is 8.23. The number of fused-ring (bicyclic) bond motifs is 2. The number of thiazole rings is 2. The smallest absolute Gasteiger partial charge is 0.166 e. The van der Waals surface area contributed by atoms with Crippen LogP contribution in [0.15, 0.2) is 51.1 Å². The van der Waals surface area contributed by atoms with Gasteiger partial charge in [0.25, 0.3) is 0 Å². The molecular weight excluding hydrogens is 497 g/mol. The molecule has 2 aromatic heterocycles. The molecule has 0 radical (unpaired) electrons. The molecule has 0 amide bonds. The van der Waals surface area contributed by atoms with Gasteiger partial charge >= 0.3 is 0 Å². The van der Waals surface area contributed by atoms with Crippen LogP contribution in [0.1, 0.15) is 75.7 Å². The summed E-state index contributed by atoms with van der Waals surface area (Å²) in [6.07, 6.45) is 13.6. The van der Waals surface area contributed by atoms with Crippen LogP contribution >= 0.6 is 46.6 Å². The summed E-state index contributed by atoms with van der Waals surface area (Å²) in [6.45, 7) is 0. The van der Waals surface area contributed by atoms with Crippen LogP contribution in [-0.4, -0.2) is 16.0 Å². The Morgan fingerprint density at radius 2 is 1.47 bits per heavy atom. The Morgan fingerprint density at radius 1 is 0.765 bits per heavy atom. The van der Waals surface area contributed by atoms with Gasteiger partial charge in [0.05, 0.1) is 20.4 Å². The molecule has 3 N–H and O–H groups in total. The van der Waals surface area contributed by atoms with Crippen molar-refractivity contribution in [2.75, 3.05) is 0 Å². The van der Waals surface area contributed by atoms with Crippen molar-refractivity contribution in [2.45, 2.75) is 84.8 Å². The molecule has 4 aromatic rings. The maximum absolute atomic E-state index is 5.61. The maximum atomic E-state index is 5.61. The Hall–Kier alpha value is -1.16. The number of hydrogen-bond donors (Lipinski definition) is 2. The minimum absolute atomic E-state index is 0.681. The van der Waals surface area contributed by atoms with E-state index in [1.807, 2.05) is 6.07 Å². The van der Waals surface area contributed by atoms with Crippen LogP contribution in [0.25, 0.3) is 20.4 Å². The Balaban J connectivity index is 0.000000142. The SMILES string of the molecule is NSc1nc2c(C3CCCCC3)cccc2s1.c1ccc2sc(SNC3CCCCC3)nc2c1. The first kappa shape index (κ1) is 24.5. The number of aromatic nitrogens is 2. The van der Waals surface area contributed by atoms with Gasteiger partial charge in [0.1, 0.15) is 0 Å². The molecule has 0 unspecified atom stereocenters. The molecule has 2 heterocycles. The average molecular weight is 529 g/mol. The van der Waals surface area contributed by atoms with E-state index >= 15 is 0 Å².